The van der Waals surface area contributed by atoms with E-state index in [0.29, 0.717) is 6.61 Å². The van der Waals surface area contributed by atoms with Gasteiger partial charge in [0.25, 0.3) is 0 Å². The minimum Gasteiger partial charge on any atom is -0.394 e. The molecule has 0 aromatic heterocycles. The molecular formula is C19H24O5. The van der Waals surface area contributed by atoms with Gasteiger partial charge in [-0.05, 0) is 11.1 Å². The maximum absolute atomic E-state index is 10.2. The molecule has 5 heteroatoms. The van der Waals surface area contributed by atoms with Crippen molar-refractivity contribution >= 4 is 0 Å². The summed E-state index contributed by atoms with van der Waals surface area (Å²) in [7, 11) is 0. The molecule has 2 aromatic rings. The van der Waals surface area contributed by atoms with Crippen LogP contribution in [0.25, 0.3) is 0 Å². The van der Waals surface area contributed by atoms with Crippen molar-refractivity contribution in [3.8, 4) is 0 Å². The first-order valence-electron chi connectivity index (χ1n) is 7.95. The molecule has 0 saturated heterocycles. The van der Waals surface area contributed by atoms with E-state index in [1.54, 1.807) is 0 Å². The lowest BCUT2D eigenvalue weighted by Gasteiger charge is -2.26. The number of benzene rings is 2. The van der Waals surface area contributed by atoms with Crippen LogP contribution in [0.1, 0.15) is 11.1 Å². The fourth-order valence-electron chi connectivity index (χ4n) is 2.32. The van der Waals surface area contributed by atoms with E-state index >= 15 is 0 Å². The number of aliphatic hydroxyl groups is 3. The van der Waals surface area contributed by atoms with Crippen LogP contribution in [0.2, 0.25) is 0 Å². The average molecular weight is 332 g/mol. The van der Waals surface area contributed by atoms with Gasteiger partial charge in [0.05, 0.1) is 26.4 Å². The fraction of sp³-hybridized carbons (Fsp3) is 0.368. The first-order valence-corrected chi connectivity index (χ1v) is 7.95. The van der Waals surface area contributed by atoms with Gasteiger partial charge in [0.15, 0.2) is 0 Å². The molecule has 0 spiro atoms. The zero-order valence-corrected chi connectivity index (χ0v) is 13.5. The van der Waals surface area contributed by atoms with Crippen molar-refractivity contribution in [2.75, 3.05) is 13.2 Å². The Morgan fingerprint density at radius 1 is 0.750 bits per heavy atom. The Morgan fingerprint density at radius 3 is 1.83 bits per heavy atom. The Kier molecular flexibility index (Phi) is 7.88. The fourth-order valence-corrected chi connectivity index (χ4v) is 2.32. The predicted molar refractivity (Wildman–Crippen MR) is 90.2 cm³/mol. The summed E-state index contributed by atoms with van der Waals surface area (Å²) in [5.74, 6) is 0. The van der Waals surface area contributed by atoms with Crippen LogP contribution in [-0.2, 0) is 22.7 Å². The van der Waals surface area contributed by atoms with Gasteiger partial charge in [-0.2, -0.15) is 0 Å². The van der Waals surface area contributed by atoms with Crippen molar-refractivity contribution in [3.63, 3.8) is 0 Å². The van der Waals surface area contributed by atoms with E-state index in [1.807, 2.05) is 60.7 Å². The third-order valence-electron chi connectivity index (χ3n) is 3.63. The first-order chi connectivity index (χ1) is 11.7. The Balaban J connectivity index is 1.84. The van der Waals surface area contributed by atoms with Crippen molar-refractivity contribution in [2.45, 2.75) is 31.5 Å². The molecule has 3 N–H and O–H groups in total. The summed E-state index contributed by atoms with van der Waals surface area (Å²) in [6, 6.07) is 19.1. The second-order valence-electron chi connectivity index (χ2n) is 5.58. The van der Waals surface area contributed by atoms with Crippen molar-refractivity contribution in [1.29, 1.82) is 0 Å². The molecule has 2 aromatic carbocycles. The van der Waals surface area contributed by atoms with Gasteiger partial charge in [-0.3, -0.25) is 0 Å². The van der Waals surface area contributed by atoms with Crippen LogP contribution in [0, 0.1) is 0 Å². The van der Waals surface area contributed by atoms with Gasteiger partial charge in [0.1, 0.15) is 18.3 Å². The Bertz CT molecular complexity index is 560. The summed E-state index contributed by atoms with van der Waals surface area (Å²) in [6.45, 7) is 0.109. The monoisotopic (exact) mass is 332 g/mol. The molecule has 0 aliphatic heterocycles. The molecular weight excluding hydrogens is 308 g/mol. The molecule has 24 heavy (non-hydrogen) atoms. The summed E-state index contributed by atoms with van der Waals surface area (Å²) in [6.07, 6.45) is -3.14. The van der Waals surface area contributed by atoms with E-state index in [-0.39, 0.29) is 13.2 Å². The van der Waals surface area contributed by atoms with Crippen LogP contribution >= 0.6 is 0 Å². The van der Waals surface area contributed by atoms with E-state index in [4.69, 9.17) is 9.47 Å². The zero-order chi connectivity index (χ0) is 17.2. The molecule has 5 nitrogen and oxygen atoms in total. The maximum Gasteiger partial charge on any atom is 0.114 e. The lowest BCUT2D eigenvalue weighted by molar-refractivity contribution is -0.136. The molecule has 0 bridgehead atoms. The molecule has 0 aliphatic carbocycles. The van der Waals surface area contributed by atoms with Crippen LogP contribution in [0.15, 0.2) is 60.7 Å². The summed E-state index contributed by atoms with van der Waals surface area (Å²) < 4.78 is 11.1. The van der Waals surface area contributed by atoms with Crippen LogP contribution in [0.5, 0.6) is 0 Å². The highest BCUT2D eigenvalue weighted by Crippen LogP contribution is 2.11. The number of hydrogen-bond acceptors (Lipinski definition) is 5. The van der Waals surface area contributed by atoms with Crippen LogP contribution in [0.4, 0.5) is 0 Å². The van der Waals surface area contributed by atoms with Crippen molar-refractivity contribution in [1.82, 2.24) is 0 Å². The predicted octanol–water partition coefficient (Wildman–Crippen LogP) is 1.50. The minimum absolute atomic E-state index is 0.00537. The second-order valence-corrected chi connectivity index (χ2v) is 5.58. The van der Waals surface area contributed by atoms with Crippen molar-refractivity contribution < 1.29 is 24.8 Å². The van der Waals surface area contributed by atoms with Crippen molar-refractivity contribution in [3.05, 3.63) is 71.8 Å². The number of hydrogen-bond donors (Lipinski definition) is 3. The average Bonchev–Trinajstić information content (AvgIpc) is 2.63. The Morgan fingerprint density at radius 2 is 1.29 bits per heavy atom. The van der Waals surface area contributed by atoms with Gasteiger partial charge in [-0.15, -0.1) is 0 Å². The lowest BCUT2D eigenvalue weighted by Crippen LogP contribution is -2.43. The van der Waals surface area contributed by atoms with Gasteiger partial charge in [-0.25, -0.2) is 0 Å². The lowest BCUT2D eigenvalue weighted by atomic mass is 10.1. The zero-order valence-electron chi connectivity index (χ0n) is 13.5. The van der Waals surface area contributed by atoms with E-state index in [9.17, 15) is 15.3 Å². The number of aliphatic hydroxyl groups excluding tert-OH is 3. The van der Waals surface area contributed by atoms with Crippen LogP contribution in [-0.4, -0.2) is 46.8 Å². The SMILES string of the molecule is OC[C@H](O)[C@H](OCc1ccccc1)[C@H](O)COCc1ccccc1. The standard InChI is InChI=1S/C19H24O5/c20-11-17(21)19(24-13-16-9-5-2-6-10-16)18(22)14-23-12-15-7-3-1-4-8-15/h1-10,17-22H,11-14H2/t17-,18+,19-/m0/s1. The quantitative estimate of drug-likeness (QED) is 0.614. The van der Waals surface area contributed by atoms with Gasteiger partial charge in [-0.1, -0.05) is 60.7 Å². The highest BCUT2D eigenvalue weighted by molar-refractivity contribution is 5.14. The molecule has 0 radical (unpaired) electrons. The molecule has 2 rings (SSSR count). The van der Waals surface area contributed by atoms with E-state index in [2.05, 4.69) is 0 Å². The van der Waals surface area contributed by atoms with Gasteiger partial charge in [0.2, 0.25) is 0 Å². The third kappa shape index (κ3) is 6.03. The smallest absolute Gasteiger partial charge is 0.114 e. The molecule has 0 unspecified atom stereocenters. The third-order valence-corrected chi connectivity index (χ3v) is 3.63. The molecule has 0 aliphatic rings. The highest BCUT2D eigenvalue weighted by Gasteiger charge is 2.27. The minimum atomic E-state index is -1.18. The first kappa shape index (κ1) is 18.6. The molecule has 0 saturated carbocycles. The Labute approximate surface area is 142 Å². The highest BCUT2D eigenvalue weighted by atomic mass is 16.5. The van der Waals surface area contributed by atoms with Gasteiger partial charge in [0, 0.05) is 0 Å². The summed E-state index contributed by atoms with van der Waals surface area (Å²) >= 11 is 0. The maximum atomic E-state index is 10.2. The molecule has 0 fully saturated rings. The van der Waals surface area contributed by atoms with Crippen LogP contribution in [0.3, 0.4) is 0 Å². The molecule has 130 valence electrons. The largest absolute Gasteiger partial charge is 0.394 e. The van der Waals surface area contributed by atoms with E-state index < -0.39 is 24.9 Å². The van der Waals surface area contributed by atoms with Gasteiger partial charge >= 0.3 is 0 Å². The number of ether oxygens (including phenoxy) is 2. The normalized spacial score (nSPS) is 15.0. The second kappa shape index (κ2) is 10.2. The Hall–Kier alpha value is -1.76. The topological polar surface area (TPSA) is 79.2 Å². The van der Waals surface area contributed by atoms with E-state index in [1.165, 1.54) is 0 Å². The molecule has 3 atom stereocenters. The summed E-state index contributed by atoms with van der Waals surface area (Å²) in [4.78, 5) is 0. The van der Waals surface area contributed by atoms with Crippen molar-refractivity contribution in [2.24, 2.45) is 0 Å². The summed E-state index contributed by atoms with van der Waals surface area (Å²) in [5, 5.41) is 29.3. The van der Waals surface area contributed by atoms with Gasteiger partial charge < -0.3 is 24.8 Å². The summed E-state index contributed by atoms with van der Waals surface area (Å²) in [5.41, 5.74) is 1.92. The number of rotatable bonds is 10. The molecule has 0 amide bonds. The molecule has 0 heterocycles. The van der Waals surface area contributed by atoms with Crippen LogP contribution < -0.4 is 0 Å². The van der Waals surface area contributed by atoms with E-state index in [0.717, 1.165) is 11.1 Å².